The Kier molecular flexibility index (Phi) is 3.70. The lowest BCUT2D eigenvalue weighted by molar-refractivity contribution is -0.242. The molecule has 1 atom stereocenters. The molecule has 1 unspecified atom stereocenters. The molecule has 0 aromatic rings. The van der Waals surface area contributed by atoms with Gasteiger partial charge in [0.15, 0.2) is 5.60 Å². The summed E-state index contributed by atoms with van der Waals surface area (Å²) in [5.41, 5.74) is -2.55. The molecular formula is C6H11F3OS. The molecule has 0 saturated carbocycles. The van der Waals surface area contributed by atoms with E-state index in [9.17, 15) is 13.2 Å². The molecule has 5 heteroatoms. The highest BCUT2D eigenvalue weighted by Gasteiger charge is 2.49. The number of hydrogen-bond donors (Lipinski definition) is 1. The predicted molar refractivity (Wildman–Crippen MR) is 39.7 cm³/mol. The highest BCUT2D eigenvalue weighted by molar-refractivity contribution is 7.99. The molecule has 0 aliphatic carbocycles. The van der Waals surface area contributed by atoms with Crippen LogP contribution in [-0.2, 0) is 0 Å². The lowest BCUT2D eigenvalue weighted by Gasteiger charge is -2.25. The molecule has 1 nitrogen and oxygen atoms in total. The van der Waals surface area contributed by atoms with Crippen LogP contribution in [0.2, 0.25) is 0 Å². The van der Waals surface area contributed by atoms with Crippen molar-refractivity contribution in [3.8, 4) is 0 Å². The number of thioether (sulfide) groups is 1. The smallest absolute Gasteiger partial charge is 0.380 e. The maximum absolute atomic E-state index is 11.9. The Morgan fingerprint density at radius 1 is 1.36 bits per heavy atom. The minimum Gasteiger partial charge on any atom is -0.380 e. The van der Waals surface area contributed by atoms with Crippen molar-refractivity contribution in [1.29, 1.82) is 0 Å². The first kappa shape index (κ1) is 11.1. The average Bonchev–Trinajstić information content (AvgIpc) is 1.81. The standard InChI is InChI=1S/C6H11F3OS/c1-3-11-4-5(2,10)6(7,8)9/h10H,3-4H2,1-2H3. The third kappa shape index (κ3) is 3.33. The summed E-state index contributed by atoms with van der Waals surface area (Å²) < 4.78 is 35.7. The zero-order valence-electron chi connectivity index (χ0n) is 6.40. The van der Waals surface area contributed by atoms with Crippen LogP contribution < -0.4 is 0 Å². The van der Waals surface area contributed by atoms with Gasteiger partial charge in [-0.15, -0.1) is 0 Å². The SMILES string of the molecule is CCSCC(C)(O)C(F)(F)F. The van der Waals surface area contributed by atoms with E-state index in [0.29, 0.717) is 5.75 Å². The Morgan fingerprint density at radius 3 is 2.09 bits per heavy atom. The second-order valence-electron chi connectivity index (χ2n) is 2.41. The van der Waals surface area contributed by atoms with Crippen molar-refractivity contribution in [1.82, 2.24) is 0 Å². The Bertz CT molecular complexity index is 121. The van der Waals surface area contributed by atoms with Crippen molar-refractivity contribution in [3.05, 3.63) is 0 Å². The zero-order valence-corrected chi connectivity index (χ0v) is 7.22. The van der Waals surface area contributed by atoms with E-state index >= 15 is 0 Å². The highest BCUT2D eigenvalue weighted by atomic mass is 32.2. The van der Waals surface area contributed by atoms with Gasteiger partial charge in [0.1, 0.15) is 0 Å². The van der Waals surface area contributed by atoms with Crippen LogP contribution in [0.1, 0.15) is 13.8 Å². The number of hydrogen-bond acceptors (Lipinski definition) is 2. The zero-order chi connectivity index (χ0) is 9.12. The summed E-state index contributed by atoms with van der Waals surface area (Å²) in [5.74, 6) is 0.277. The van der Waals surface area contributed by atoms with Gasteiger partial charge in [-0.25, -0.2) is 0 Å². The Labute approximate surface area is 68.0 Å². The molecule has 0 saturated heterocycles. The lowest BCUT2D eigenvalue weighted by atomic mass is 10.1. The van der Waals surface area contributed by atoms with E-state index in [4.69, 9.17) is 5.11 Å². The second kappa shape index (κ2) is 3.67. The van der Waals surface area contributed by atoms with Crippen molar-refractivity contribution in [2.24, 2.45) is 0 Å². The molecule has 0 bridgehead atoms. The van der Waals surface area contributed by atoms with Crippen LogP contribution in [0.5, 0.6) is 0 Å². The fourth-order valence-corrected chi connectivity index (χ4v) is 1.15. The summed E-state index contributed by atoms with van der Waals surface area (Å²) in [6, 6.07) is 0. The Morgan fingerprint density at radius 2 is 1.82 bits per heavy atom. The van der Waals surface area contributed by atoms with Gasteiger partial charge in [0.05, 0.1) is 0 Å². The number of aliphatic hydroxyl groups is 1. The topological polar surface area (TPSA) is 20.2 Å². The molecule has 0 aromatic heterocycles. The molecule has 0 aromatic carbocycles. The Hall–Kier alpha value is 0.100. The van der Waals surface area contributed by atoms with E-state index in [1.165, 1.54) is 0 Å². The first-order chi connectivity index (χ1) is 4.81. The van der Waals surface area contributed by atoms with Crippen LogP contribution in [0.15, 0.2) is 0 Å². The van der Waals surface area contributed by atoms with Crippen molar-refractivity contribution in [2.45, 2.75) is 25.6 Å². The van der Waals surface area contributed by atoms with E-state index < -0.39 is 11.8 Å². The van der Waals surface area contributed by atoms with Gasteiger partial charge in [-0.05, 0) is 12.7 Å². The summed E-state index contributed by atoms with van der Waals surface area (Å²) in [4.78, 5) is 0. The van der Waals surface area contributed by atoms with Gasteiger partial charge in [-0.2, -0.15) is 24.9 Å². The van der Waals surface area contributed by atoms with Crippen LogP contribution in [0.4, 0.5) is 13.2 Å². The monoisotopic (exact) mass is 188 g/mol. The van der Waals surface area contributed by atoms with Crippen molar-refractivity contribution in [3.63, 3.8) is 0 Å². The summed E-state index contributed by atoms with van der Waals surface area (Å²) in [6.45, 7) is 2.53. The second-order valence-corrected chi connectivity index (χ2v) is 3.68. The molecule has 0 amide bonds. The molecule has 0 spiro atoms. The third-order valence-electron chi connectivity index (χ3n) is 1.20. The number of alkyl halides is 3. The van der Waals surface area contributed by atoms with Crippen LogP contribution in [0.25, 0.3) is 0 Å². The van der Waals surface area contributed by atoms with Gasteiger partial charge in [-0.3, -0.25) is 0 Å². The van der Waals surface area contributed by atoms with Crippen molar-refractivity contribution >= 4 is 11.8 Å². The van der Waals surface area contributed by atoms with Gasteiger partial charge in [0.2, 0.25) is 0 Å². The quantitative estimate of drug-likeness (QED) is 0.731. The van der Waals surface area contributed by atoms with Crippen molar-refractivity contribution < 1.29 is 18.3 Å². The van der Waals surface area contributed by atoms with E-state index in [1.807, 2.05) is 0 Å². The van der Waals surface area contributed by atoms with E-state index in [0.717, 1.165) is 18.7 Å². The molecule has 1 N–H and O–H groups in total. The van der Waals surface area contributed by atoms with Crippen LogP contribution in [0, 0.1) is 0 Å². The summed E-state index contributed by atoms with van der Waals surface area (Å²) in [6.07, 6.45) is -4.52. The largest absolute Gasteiger partial charge is 0.417 e. The molecule has 0 rings (SSSR count). The maximum Gasteiger partial charge on any atom is 0.417 e. The summed E-state index contributed by atoms with van der Waals surface area (Å²) in [5, 5.41) is 8.84. The molecular weight excluding hydrogens is 177 g/mol. The molecule has 0 fully saturated rings. The molecule has 11 heavy (non-hydrogen) atoms. The normalized spacial score (nSPS) is 18.0. The van der Waals surface area contributed by atoms with E-state index in [2.05, 4.69) is 0 Å². The first-order valence-electron chi connectivity index (χ1n) is 3.18. The van der Waals surface area contributed by atoms with Gasteiger partial charge in [0, 0.05) is 5.75 Å². The van der Waals surface area contributed by atoms with E-state index in [1.54, 1.807) is 6.92 Å². The lowest BCUT2D eigenvalue weighted by Crippen LogP contribution is -2.44. The van der Waals surface area contributed by atoms with Crippen LogP contribution >= 0.6 is 11.8 Å². The third-order valence-corrected chi connectivity index (χ3v) is 2.37. The fraction of sp³-hybridized carbons (Fsp3) is 1.00. The van der Waals surface area contributed by atoms with Gasteiger partial charge in [-0.1, -0.05) is 6.92 Å². The van der Waals surface area contributed by atoms with E-state index in [-0.39, 0.29) is 5.75 Å². The molecule has 0 radical (unpaired) electrons. The minimum atomic E-state index is -4.52. The predicted octanol–water partition coefficient (Wildman–Crippen LogP) is 2.05. The van der Waals surface area contributed by atoms with Gasteiger partial charge >= 0.3 is 6.18 Å². The molecule has 0 aliphatic heterocycles. The van der Waals surface area contributed by atoms with Crippen molar-refractivity contribution in [2.75, 3.05) is 11.5 Å². The molecule has 68 valence electrons. The van der Waals surface area contributed by atoms with Gasteiger partial charge < -0.3 is 5.11 Å². The molecule has 0 heterocycles. The summed E-state index contributed by atoms with van der Waals surface area (Å²) in [7, 11) is 0. The number of halogens is 3. The highest BCUT2D eigenvalue weighted by Crippen LogP contribution is 2.32. The maximum atomic E-state index is 11.9. The first-order valence-corrected chi connectivity index (χ1v) is 4.33. The number of rotatable bonds is 3. The van der Waals surface area contributed by atoms with Crippen LogP contribution in [-0.4, -0.2) is 28.4 Å². The minimum absolute atomic E-state index is 0.299. The van der Waals surface area contributed by atoms with Crippen LogP contribution in [0.3, 0.4) is 0 Å². The summed E-state index contributed by atoms with van der Waals surface area (Å²) >= 11 is 1.07. The Balaban J connectivity index is 4.00. The average molecular weight is 188 g/mol. The molecule has 0 aliphatic rings. The van der Waals surface area contributed by atoms with Gasteiger partial charge in [0.25, 0.3) is 0 Å². The fourth-order valence-electron chi connectivity index (χ4n) is 0.383.